The highest BCUT2D eigenvalue weighted by molar-refractivity contribution is 5.82. The summed E-state index contributed by atoms with van der Waals surface area (Å²) in [5.74, 6) is -0.394. The number of hydrogen-bond acceptors (Lipinski definition) is 6. The fraction of sp³-hybridized carbons (Fsp3) is 0.111. The number of hydrogen-bond donors (Lipinski definition) is 3. The van der Waals surface area contributed by atoms with Gasteiger partial charge < -0.3 is 21.0 Å². The van der Waals surface area contributed by atoms with E-state index in [2.05, 4.69) is 4.74 Å². The van der Waals surface area contributed by atoms with Crippen LogP contribution in [-0.2, 0) is 11.3 Å². The van der Waals surface area contributed by atoms with Crippen molar-refractivity contribution >= 4 is 18.0 Å². The summed E-state index contributed by atoms with van der Waals surface area (Å²) in [6.07, 6.45) is -0.240. The lowest BCUT2D eigenvalue weighted by molar-refractivity contribution is -0.385. The third-order valence-electron chi connectivity index (χ3n) is 1.95. The van der Waals surface area contributed by atoms with Gasteiger partial charge in [0.05, 0.1) is 16.6 Å². The smallest absolute Gasteiger partial charge is 0.404 e. The van der Waals surface area contributed by atoms with Crippen LogP contribution in [-0.4, -0.2) is 22.3 Å². The Labute approximate surface area is 95.3 Å². The van der Waals surface area contributed by atoms with Crippen molar-refractivity contribution in [2.24, 2.45) is 5.73 Å². The number of primary amides is 1. The standard InChI is InChI=1S/C9H9N3O5/c10-3-5-1-6(4-17-9(11)14)7(12(15)16)2-8(5)13/h1-3,10,13H,4H2,(H2,11,14). The van der Waals surface area contributed by atoms with Crippen molar-refractivity contribution in [1.82, 2.24) is 0 Å². The minimum atomic E-state index is -1.07. The Bertz CT molecular complexity index is 486. The number of ether oxygens (including phenoxy) is 1. The quantitative estimate of drug-likeness (QED) is 0.406. The molecule has 8 nitrogen and oxygen atoms in total. The van der Waals surface area contributed by atoms with Gasteiger partial charge in [-0.1, -0.05) is 0 Å². The van der Waals surface area contributed by atoms with Crippen LogP contribution in [0.15, 0.2) is 12.1 Å². The highest BCUT2D eigenvalue weighted by atomic mass is 16.6. The van der Waals surface area contributed by atoms with Crippen LogP contribution < -0.4 is 5.73 Å². The van der Waals surface area contributed by atoms with Crippen molar-refractivity contribution in [1.29, 1.82) is 5.41 Å². The summed E-state index contributed by atoms with van der Waals surface area (Å²) in [6, 6.07) is 2.07. The number of aromatic hydroxyl groups is 1. The third kappa shape index (κ3) is 2.91. The van der Waals surface area contributed by atoms with Crippen molar-refractivity contribution in [2.75, 3.05) is 0 Å². The van der Waals surface area contributed by atoms with Gasteiger partial charge in [0.1, 0.15) is 12.4 Å². The molecule has 0 saturated carbocycles. The maximum atomic E-state index is 10.7. The molecule has 0 atom stereocenters. The molecule has 8 heteroatoms. The Balaban J connectivity index is 3.18. The molecular formula is C9H9N3O5. The van der Waals surface area contributed by atoms with Crippen LogP contribution >= 0.6 is 0 Å². The zero-order chi connectivity index (χ0) is 13.0. The van der Waals surface area contributed by atoms with Crippen LogP contribution in [0, 0.1) is 15.5 Å². The molecule has 0 aliphatic heterocycles. The number of carbonyl (C=O) groups is 1. The molecule has 0 aromatic heterocycles. The fourth-order valence-corrected chi connectivity index (χ4v) is 1.19. The Kier molecular flexibility index (Phi) is 3.60. The van der Waals surface area contributed by atoms with E-state index >= 15 is 0 Å². The van der Waals surface area contributed by atoms with E-state index in [-0.39, 0.29) is 11.1 Å². The summed E-state index contributed by atoms with van der Waals surface area (Å²) in [5.41, 5.74) is 4.46. The topological polar surface area (TPSA) is 140 Å². The Hall–Kier alpha value is -2.64. The number of nitrogens with zero attached hydrogens (tertiary/aromatic N) is 1. The summed E-state index contributed by atoms with van der Waals surface area (Å²) in [4.78, 5) is 20.4. The number of benzene rings is 1. The second-order valence-corrected chi connectivity index (χ2v) is 3.05. The first-order valence-electron chi connectivity index (χ1n) is 4.38. The van der Waals surface area contributed by atoms with E-state index in [0.29, 0.717) is 0 Å². The number of amides is 1. The number of nitro benzene ring substituents is 1. The molecule has 0 saturated heterocycles. The average molecular weight is 239 g/mol. The normalized spacial score (nSPS) is 9.65. The van der Waals surface area contributed by atoms with Crippen LogP contribution in [0.1, 0.15) is 11.1 Å². The van der Waals surface area contributed by atoms with Crippen LogP contribution in [0.2, 0.25) is 0 Å². The average Bonchev–Trinajstić information content (AvgIpc) is 2.26. The summed E-state index contributed by atoms with van der Waals surface area (Å²) in [5, 5.41) is 27.0. The van der Waals surface area contributed by atoms with Gasteiger partial charge in [-0.25, -0.2) is 4.79 Å². The van der Waals surface area contributed by atoms with Crippen LogP contribution in [0.4, 0.5) is 10.5 Å². The number of carbonyl (C=O) groups excluding carboxylic acids is 1. The van der Waals surface area contributed by atoms with Gasteiger partial charge in [-0.15, -0.1) is 0 Å². The lowest BCUT2D eigenvalue weighted by Crippen LogP contribution is -2.13. The van der Waals surface area contributed by atoms with E-state index in [1.165, 1.54) is 6.07 Å². The number of phenols is 1. The van der Waals surface area contributed by atoms with Crippen molar-refractivity contribution in [3.05, 3.63) is 33.4 Å². The lowest BCUT2D eigenvalue weighted by atomic mass is 10.1. The summed E-state index contributed by atoms with van der Waals surface area (Å²) >= 11 is 0. The number of nitro groups is 1. The molecule has 1 rings (SSSR count). The van der Waals surface area contributed by atoms with E-state index in [1.807, 2.05) is 0 Å². The molecule has 4 N–H and O–H groups in total. The number of nitrogens with two attached hydrogens (primary N) is 1. The first-order chi connectivity index (χ1) is 7.95. The highest BCUT2D eigenvalue weighted by Crippen LogP contribution is 2.27. The lowest BCUT2D eigenvalue weighted by Gasteiger charge is -2.05. The van der Waals surface area contributed by atoms with Gasteiger partial charge in [0.25, 0.3) is 5.69 Å². The second kappa shape index (κ2) is 4.92. The molecule has 90 valence electrons. The highest BCUT2D eigenvalue weighted by Gasteiger charge is 2.18. The Morgan fingerprint density at radius 3 is 2.76 bits per heavy atom. The van der Waals surface area contributed by atoms with Gasteiger partial charge in [0.2, 0.25) is 0 Å². The van der Waals surface area contributed by atoms with Crippen molar-refractivity contribution < 1.29 is 19.6 Å². The molecule has 1 aromatic carbocycles. The minimum Gasteiger partial charge on any atom is -0.507 e. The molecule has 0 aliphatic carbocycles. The first-order valence-corrected chi connectivity index (χ1v) is 4.38. The van der Waals surface area contributed by atoms with Gasteiger partial charge in [-0.05, 0) is 6.07 Å². The van der Waals surface area contributed by atoms with Gasteiger partial charge >= 0.3 is 6.09 Å². The first kappa shape index (κ1) is 12.4. The fourth-order valence-electron chi connectivity index (χ4n) is 1.19. The van der Waals surface area contributed by atoms with Crippen LogP contribution in [0.25, 0.3) is 0 Å². The Morgan fingerprint density at radius 1 is 1.65 bits per heavy atom. The van der Waals surface area contributed by atoms with E-state index in [1.54, 1.807) is 0 Å². The summed E-state index contributed by atoms with van der Waals surface area (Å²) in [7, 11) is 0. The van der Waals surface area contributed by atoms with E-state index in [0.717, 1.165) is 12.3 Å². The maximum absolute atomic E-state index is 10.7. The number of phenolic OH excluding ortho intramolecular Hbond substituents is 1. The molecule has 0 aliphatic rings. The number of rotatable bonds is 4. The SMILES string of the molecule is N=Cc1cc(COC(N)=O)c([N+](=O)[O-])cc1O. The van der Waals surface area contributed by atoms with Gasteiger partial charge in [-0.3, -0.25) is 10.1 Å². The summed E-state index contributed by atoms with van der Waals surface area (Å²) in [6.45, 7) is -0.396. The molecule has 17 heavy (non-hydrogen) atoms. The molecular weight excluding hydrogens is 230 g/mol. The molecule has 0 bridgehead atoms. The Morgan fingerprint density at radius 2 is 2.29 bits per heavy atom. The van der Waals surface area contributed by atoms with Crippen LogP contribution in [0.5, 0.6) is 5.75 Å². The minimum absolute atomic E-state index is 0.0464. The summed E-state index contributed by atoms with van der Waals surface area (Å²) < 4.78 is 4.44. The maximum Gasteiger partial charge on any atom is 0.404 e. The van der Waals surface area contributed by atoms with Gasteiger partial charge in [-0.2, -0.15) is 0 Å². The second-order valence-electron chi connectivity index (χ2n) is 3.05. The monoisotopic (exact) mass is 239 g/mol. The zero-order valence-electron chi connectivity index (χ0n) is 8.54. The third-order valence-corrected chi connectivity index (χ3v) is 1.95. The van der Waals surface area contributed by atoms with Crippen LogP contribution in [0.3, 0.4) is 0 Å². The van der Waals surface area contributed by atoms with Gasteiger partial charge in [0.15, 0.2) is 0 Å². The van der Waals surface area contributed by atoms with E-state index in [9.17, 15) is 20.0 Å². The predicted octanol–water partition coefficient (Wildman–Crippen LogP) is 0.893. The molecule has 1 amide bonds. The van der Waals surface area contributed by atoms with E-state index in [4.69, 9.17) is 11.1 Å². The van der Waals surface area contributed by atoms with Crippen molar-refractivity contribution in [2.45, 2.75) is 6.61 Å². The largest absolute Gasteiger partial charge is 0.507 e. The van der Waals surface area contributed by atoms with Crippen molar-refractivity contribution in [3.8, 4) is 5.75 Å². The van der Waals surface area contributed by atoms with Gasteiger partial charge in [0, 0.05) is 11.8 Å². The molecule has 1 aromatic rings. The zero-order valence-corrected chi connectivity index (χ0v) is 8.54. The molecule has 0 spiro atoms. The molecule has 0 fully saturated rings. The predicted molar refractivity (Wildman–Crippen MR) is 57.0 cm³/mol. The molecule has 0 radical (unpaired) electrons. The van der Waals surface area contributed by atoms with E-state index < -0.39 is 29.1 Å². The molecule has 0 heterocycles. The number of nitrogens with one attached hydrogen (secondary N) is 1. The van der Waals surface area contributed by atoms with Crippen molar-refractivity contribution in [3.63, 3.8) is 0 Å². The molecule has 0 unspecified atom stereocenters.